The largest absolute Gasteiger partial charge is 0.384 e. The van der Waals surface area contributed by atoms with Crippen molar-refractivity contribution in [2.24, 2.45) is 5.73 Å². The number of likely N-dealkylation sites (N-methyl/N-ethyl adjacent to an activating group) is 1. The van der Waals surface area contributed by atoms with Crippen LogP contribution < -0.4 is 10.6 Å². The molecule has 0 amide bonds. The molecule has 0 aliphatic rings. The minimum absolute atomic E-state index is 0.0502. The van der Waals surface area contributed by atoms with Crippen LogP contribution in [0, 0.1) is 19.3 Å². The standard InChI is InChI=1S/C12H20N4O/c1-8-7-10(16(3)5-6-17-4)11(12(13)14)9(2)15-8/h7H,5-6H2,1-4H3,(H3,13,14). The highest BCUT2D eigenvalue weighted by Gasteiger charge is 2.14. The molecule has 1 heterocycles. The van der Waals surface area contributed by atoms with Crippen LogP contribution in [0.25, 0.3) is 0 Å². The molecule has 0 atom stereocenters. The molecule has 3 N–H and O–H groups in total. The van der Waals surface area contributed by atoms with E-state index in [1.54, 1.807) is 7.11 Å². The summed E-state index contributed by atoms with van der Waals surface area (Å²) in [6.07, 6.45) is 0. The van der Waals surface area contributed by atoms with Gasteiger partial charge in [0, 0.05) is 26.4 Å². The van der Waals surface area contributed by atoms with Crippen LogP contribution in [0.2, 0.25) is 0 Å². The van der Waals surface area contributed by atoms with Crippen LogP contribution in [0.3, 0.4) is 0 Å². The number of aromatic nitrogens is 1. The SMILES string of the molecule is COCCN(C)c1cc(C)nc(C)c1C(=N)N. The molecular weight excluding hydrogens is 216 g/mol. The molecule has 0 spiro atoms. The number of hydrogen-bond donors (Lipinski definition) is 2. The number of nitrogens with one attached hydrogen (secondary N) is 1. The van der Waals surface area contributed by atoms with Gasteiger partial charge in [-0.15, -0.1) is 0 Å². The Morgan fingerprint density at radius 1 is 1.53 bits per heavy atom. The van der Waals surface area contributed by atoms with Gasteiger partial charge in [0.2, 0.25) is 0 Å². The number of methoxy groups -OCH3 is 1. The van der Waals surface area contributed by atoms with Gasteiger partial charge in [-0.2, -0.15) is 0 Å². The Kier molecular flexibility index (Phi) is 4.45. The molecule has 1 rings (SSSR count). The number of anilines is 1. The van der Waals surface area contributed by atoms with Crippen LogP contribution in [0.1, 0.15) is 17.0 Å². The van der Waals surface area contributed by atoms with Gasteiger partial charge in [-0.25, -0.2) is 0 Å². The Hall–Kier alpha value is -1.62. The first-order chi connectivity index (χ1) is 7.97. The predicted octanol–water partition coefficient (Wildman–Crippen LogP) is 1.07. The molecule has 0 aromatic carbocycles. The Bertz CT molecular complexity index is 417. The fraction of sp³-hybridized carbons (Fsp3) is 0.500. The van der Waals surface area contributed by atoms with Gasteiger partial charge in [0.05, 0.1) is 23.6 Å². The average molecular weight is 236 g/mol. The van der Waals surface area contributed by atoms with Crippen molar-refractivity contribution in [3.05, 3.63) is 23.0 Å². The first kappa shape index (κ1) is 13.4. The van der Waals surface area contributed by atoms with E-state index in [2.05, 4.69) is 4.98 Å². The van der Waals surface area contributed by atoms with Crippen molar-refractivity contribution in [1.82, 2.24) is 4.98 Å². The third-order valence-electron chi connectivity index (χ3n) is 2.62. The molecule has 0 bridgehead atoms. The molecule has 1 aromatic heterocycles. The lowest BCUT2D eigenvalue weighted by molar-refractivity contribution is 0.206. The second-order valence-corrected chi connectivity index (χ2v) is 4.07. The molecule has 0 radical (unpaired) electrons. The Balaban J connectivity index is 3.15. The molecule has 0 fully saturated rings. The third kappa shape index (κ3) is 3.17. The number of rotatable bonds is 5. The topological polar surface area (TPSA) is 75.2 Å². The van der Waals surface area contributed by atoms with Gasteiger partial charge in [-0.3, -0.25) is 10.4 Å². The van der Waals surface area contributed by atoms with Crippen molar-refractivity contribution in [3.63, 3.8) is 0 Å². The Morgan fingerprint density at radius 3 is 2.71 bits per heavy atom. The highest BCUT2D eigenvalue weighted by Crippen LogP contribution is 2.22. The first-order valence-electron chi connectivity index (χ1n) is 5.50. The fourth-order valence-corrected chi connectivity index (χ4v) is 1.79. The predicted molar refractivity (Wildman–Crippen MR) is 69.9 cm³/mol. The lowest BCUT2D eigenvalue weighted by Gasteiger charge is -2.23. The summed E-state index contributed by atoms with van der Waals surface area (Å²) in [5.41, 5.74) is 8.96. The van der Waals surface area contributed by atoms with E-state index >= 15 is 0 Å². The number of ether oxygens (including phenoxy) is 1. The zero-order valence-corrected chi connectivity index (χ0v) is 10.9. The summed E-state index contributed by atoms with van der Waals surface area (Å²) in [5, 5.41) is 7.64. The Morgan fingerprint density at radius 2 is 2.18 bits per heavy atom. The summed E-state index contributed by atoms with van der Waals surface area (Å²) >= 11 is 0. The molecule has 5 heteroatoms. The maximum atomic E-state index is 7.64. The number of nitrogen functional groups attached to an aromatic ring is 1. The summed E-state index contributed by atoms with van der Waals surface area (Å²) in [4.78, 5) is 6.37. The number of nitrogens with zero attached hydrogens (tertiary/aromatic N) is 2. The molecule has 0 saturated heterocycles. The third-order valence-corrected chi connectivity index (χ3v) is 2.62. The van der Waals surface area contributed by atoms with E-state index in [0.29, 0.717) is 12.2 Å². The van der Waals surface area contributed by atoms with Gasteiger partial charge in [0.15, 0.2) is 0 Å². The molecule has 94 valence electrons. The van der Waals surface area contributed by atoms with Crippen molar-refractivity contribution < 1.29 is 4.74 Å². The molecule has 1 aromatic rings. The highest BCUT2D eigenvalue weighted by molar-refractivity contribution is 6.01. The van der Waals surface area contributed by atoms with Gasteiger partial charge in [0.25, 0.3) is 0 Å². The van der Waals surface area contributed by atoms with E-state index in [0.717, 1.165) is 23.6 Å². The van der Waals surface area contributed by atoms with Crippen molar-refractivity contribution in [1.29, 1.82) is 5.41 Å². The van der Waals surface area contributed by atoms with Gasteiger partial charge in [0.1, 0.15) is 5.84 Å². The van der Waals surface area contributed by atoms with E-state index < -0.39 is 0 Å². The average Bonchev–Trinajstić information content (AvgIpc) is 2.23. The van der Waals surface area contributed by atoms with Crippen molar-refractivity contribution in [2.45, 2.75) is 13.8 Å². The van der Waals surface area contributed by atoms with Crippen LogP contribution in [0.5, 0.6) is 0 Å². The number of pyridine rings is 1. The van der Waals surface area contributed by atoms with Crippen LogP contribution in [0.4, 0.5) is 5.69 Å². The van der Waals surface area contributed by atoms with Gasteiger partial charge in [-0.1, -0.05) is 0 Å². The van der Waals surface area contributed by atoms with Gasteiger partial charge < -0.3 is 15.4 Å². The van der Waals surface area contributed by atoms with Crippen LogP contribution >= 0.6 is 0 Å². The monoisotopic (exact) mass is 236 g/mol. The quantitative estimate of drug-likeness (QED) is 0.592. The lowest BCUT2D eigenvalue weighted by atomic mass is 10.1. The molecule has 0 aliphatic heterocycles. The summed E-state index contributed by atoms with van der Waals surface area (Å²) in [6, 6.07) is 1.94. The van der Waals surface area contributed by atoms with E-state index in [4.69, 9.17) is 15.9 Å². The van der Waals surface area contributed by atoms with Gasteiger partial charge >= 0.3 is 0 Å². The first-order valence-corrected chi connectivity index (χ1v) is 5.50. The molecule has 0 aliphatic carbocycles. The minimum Gasteiger partial charge on any atom is -0.384 e. The van der Waals surface area contributed by atoms with Crippen molar-refractivity contribution in [3.8, 4) is 0 Å². The summed E-state index contributed by atoms with van der Waals surface area (Å²) in [7, 11) is 3.63. The number of nitrogens with two attached hydrogens (primary N) is 1. The second kappa shape index (κ2) is 5.63. The van der Waals surface area contributed by atoms with Crippen LogP contribution in [0.15, 0.2) is 6.07 Å². The summed E-state index contributed by atoms with van der Waals surface area (Å²) in [5.74, 6) is 0.0502. The second-order valence-electron chi connectivity index (χ2n) is 4.07. The molecule has 17 heavy (non-hydrogen) atoms. The maximum Gasteiger partial charge on any atom is 0.126 e. The van der Waals surface area contributed by atoms with E-state index in [9.17, 15) is 0 Å². The summed E-state index contributed by atoms with van der Waals surface area (Å²) < 4.78 is 5.05. The number of amidine groups is 1. The van der Waals surface area contributed by atoms with E-state index in [-0.39, 0.29) is 5.84 Å². The van der Waals surface area contributed by atoms with E-state index in [1.807, 2.05) is 31.9 Å². The van der Waals surface area contributed by atoms with E-state index in [1.165, 1.54) is 0 Å². The van der Waals surface area contributed by atoms with Crippen molar-refractivity contribution in [2.75, 3.05) is 32.2 Å². The number of aryl methyl sites for hydroxylation is 2. The Labute approximate surface area is 102 Å². The normalized spacial score (nSPS) is 10.4. The fourth-order valence-electron chi connectivity index (χ4n) is 1.79. The lowest BCUT2D eigenvalue weighted by Crippen LogP contribution is -2.27. The minimum atomic E-state index is 0.0502. The van der Waals surface area contributed by atoms with Crippen LogP contribution in [-0.4, -0.2) is 38.1 Å². The zero-order chi connectivity index (χ0) is 13.0. The molecule has 0 saturated carbocycles. The van der Waals surface area contributed by atoms with Gasteiger partial charge in [-0.05, 0) is 19.9 Å². The molecule has 0 unspecified atom stereocenters. The summed E-state index contributed by atoms with van der Waals surface area (Å²) in [6.45, 7) is 5.19. The molecular formula is C12H20N4O. The molecule has 5 nitrogen and oxygen atoms in total. The highest BCUT2D eigenvalue weighted by atomic mass is 16.5. The number of hydrogen-bond acceptors (Lipinski definition) is 4. The zero-order valence-electron chi connectivity index (χ0n) is 10.9. The maximum absolute atomic E-state index is 7.64. The smallest absolute Gasteiger partial charge is 0.126 e. The van der Waals surface area contributed by atoms with Crippen LogP contribution in [-0.2, 0) is 4.74 Å². The van der Waals surface area contributed by atoms with Crippen molar-refractivity contribution >= 4 is 11.5 Å².